The average molecular weight is 293 g/mol. The van der Waals surface area contributed by atoms with Crippen LogP contribution in [0.1, 0.15) is 25.0 Å². The van der Waals surface area contributed by atoms with Gasteiger partial charge < -0.3 is 14.9 Å². The number of Topliss-reactive ketones (excluding diaryl/α,β-unsaturated/α-hetero) is 1. The molecule has 0 spiro atoms. The summed E-state index contributed by atoms with van der Waals surface area (Å²) < 4.78 is 14.5. The molecule has 0 amide bonds. The van der Waals surface area contributed by atoms with E-state index in [1.54, 1.807) is 19.1 Å². The molecule has 0 unspecified atom stereocenters. The van der Waals surface area contributed by atoms with Crippen molar-refractivity contribution in [3.63, 3.8) is 0 Å². The molecule has 112 valence electrons. The summed E-state index contributed by atoms with van der Waals surface area (Å²) in [5.41, 5.74) is 1.39. The summed E-state index contributed by atoms with van der Waals surface area (Å²) in [6, 6.07) is 6.04. The molecule has 0 radical (unpaired) electrons. The normalized spacial score (nSPS) is 9.71. The Bertz CT molecular complexity index is 649. The van der Waals surface area contributed by atoms with Crippen molar-refractivity contribution in [2.24, 2.45) is 0 Å². The molecule has 1 aromatic carbocycles. The number of nitro groups is 1. The predicted octanol–water partition coefficient (Wildman–Crippen LogP) is 2.88. The molecule has 2 rings (SSSR count). The van der Waals surface area contributed by atoms with Gasteiger partial charge in [-0.25, -0.2) is 4.39 Å². The van der Waals surface area contributed by atoms with Crippen LogP contribution < -0.4 is 0 Å². The zero-order valence-corrected chi connectivity index (χ0v) is 12.0. The molecule has 2 aromatic rings. The monoisotopic (exact) mass is 293 g/mol. The predicted molar refractivity (Wildman–Crippen MR) is 75.5 cm³/mol. The van der Waals surface area contributed by atoms with E-state index in [0.717, 1.165) is 5.56 Å². The van der Waals surface area contributed by atoms with Crippen molar-refractivity contribution in [1.29, 1.82) is 0 Å². The largest absolute Gasteiger partial charge is 0.389 e. The highest BCUT2D eigenvalue weighted by atomic mass is 19.1. The van der Waals surface area contributed by atoms with E-state index in [9.17, 15) is 19.3 Å². The first-order valence-corrected chi connectivity index (χ1v) is 6.19. The minimum Gasteiger partial charge on any atom is -0.358 e. The van der Waals surface area contributed by atoms with Crippen LogP contribution in [0.4, 0.5) is 10.2 Å². The Morgan fingerprint density at radius 1 is 1.38 bits per heavy atom. The lowest BCUT2D eigenvalue weighted by Crippen LogP contribution is -2.02. The number of aryl methyl sites for hydroxylation is 1. The van der Waals surface area contributed by atoms with Gasteiger partial charge in [0.15, 0.2) is 0 Å². The van der Waals surface area contributed by atoms with E-state index in [2.05, 4.69) is 5.10 Å². The number of rotatable bonds is 3. The second-order valence-corrected chi connectivity index (χ2v) is 4.62. The Morgan fingerprint density at radius 3 is 2.48 bits per heavy atom. The first-order chi connectivity index (χ1) is 9.79. The topological polar surface area (TPSA) is 78.0 Å². The van der Waals surface area contributed by atoms with Gasteiger partial charge in [0, 0.05) is 0 Å². The summed E-state index contributed by atoms with van der Waals surface area (Å²) in [7, 11) is 0. The molecule has 0 aliphatic heterocycles. The third-order valence-corrected chi connectivity index (χ3v) is 2.38. The van der Waals surface area contributed by atoms with Crippen LogP contribution in [-0.2, 0) is 11.3 Å². The van der Waals surface area contributed by atoms with Crippen LogP contribution in [0.2, 0.25) is 0 Å². The molecule has 0 aliphatic rings. The lowest BCUT2D eigenvalue weighted by Gasteiger charge is -2.01. The lowest BCUT2D eigenvalue weighted by molar-refractivity contribution is -0.389. The second-order valence-electron chi connectivity index (χ2n) is 4.62. The van der Waals surface area contributed by atoms with E-state index in [1.165, 1.54) is 36.9 Å². The van der Waals surface area contributed by atoms with E-state index >= 15 is 0 Å². The van der Waals surface area contributed by atoms with Crippen molar-refractivity contribution < 1.29 is 14.1 Å². The van der Waals surface area contributed by atoms with Gasteiger partial charge in [-0.05, 0) is 42.9 Å². The molecular weight excluding hydrogens is 277 g/mol. The van der Waals surface area contributed by atoms with E-state index in [0.29, 0.717) is 12.1 Å². The fourth-order valence-corrected chi connectivity index (χ4v) is 1.53. The Labute approximate surface area is 121 Å². The zero-order valence-electron chi connectivity index (χ0n) is 12.0. The van der Waals surface area contributed by atoms with Crippen LogP contribution in [0.15, 0.2) is 30.5 Å². The maximum Gasteiger partial charge on any atom is 0.389 e. The Morgan fingerprint density at radius 2 is 2.00 bits per heavy atom. The molecule has 0 saturated heterocycles. The Kier molecular flexibility index (Phi) is 5.71. The SMILES string of the molecule is CC(C)=O.Cc1cc(Cn2ccc([N+](=O)[O-])n2)ccc1F. The summed E-state index contributed by atoms with van der Waals surface area (Å²) in [5.74, 6) is -0.288. The maximum atomic E-state index is 13.0. The van der Waals surface area contributed by atoms with Crippen molar-refractivity contribution in [2.45, 2.75) is 27.3 Å². The van der Waals surface area contributed by atoms with Crippen LogP contribution >= 0.6 is 0 Å². The van der Waals surface area contributed by atoms with Crippen LogP contribution in [0, 0.1) is 22.9 Å². The Balaban J connectivity index is 0.000000491. The fraction of sp³-hybridized carbons (Fsp3) is 0.286. The molecule has 0 N–H and O–H groups in total. The minimum absolute atomic E-state index is 0.167. The highest BCUT2D eigenvalue weighted by Gasteiger charge is 2.11. The molecule has 21 heavy (non-hydrogen) atoms. The minimum atomic E-state index is -0.549. The fourth-order valence-electron chi connectivity index (χ4n) is 1.53. The molecule has 6 nitrogen and oxygen atoms in total. The van der Waals surface area contributed by atoms with Crippen molar-refractivity contribution in [3.05, 3.63) is 57.5 Å². The number of aromatic nitrogens is 2. The Hall–Kier alpha value is -2.57. The molecular formula is C14H16FN3O3. The van der Waals surface area contributed by atoms with Gasteiger partial charge in [-0.3, -0.25) is 0 Å². The van der Waals surface area contributed by atoms with E-state index in [4.69, 9.17) is 0 Å². The van der Waals surface area contributed by atoms with E-state index in [-0.39, 0.29) is 17.4 Å². The first-order valence-electron chi connectivity index (χ1n) is 6.19. The van der Waals surface area contributed by atoms with E-state index in [1.807, 2.05) is 0 Å². The molecule has 0 saturated carbocycles. The summed E-state index contributed by atoms with van der Waals surface area (Å²) in [6.45, 7) is 5.11. The van der Waals surface area contributed by atoms with E-state index < -0.39 is 4.92 Å². The van der Waals surface area contributed by atoms with Crippen LogP contribution in [0.5, 0.6) is 0 Å². The molecule has 0 aliphatic carbocycles. The number of carbonyl (C=O) groups excluding carboxylic acids is 1. The average Bonchev–Trinajstić information content (AvgIpc) is 2.82. The number of ketones is 1. The van der Waals surface area contributed by atoms with Gasteiger partial charge >= 0.3 is 5.82 Å². The van der Waals surface area contributed by atoms with Gasteiger partial charge in [0.05, 0.1) is 23.9 Å². The number of carbonyl (C=O) groups is 1. The van der Waals surface area contributed by atoms with Gasteiger partial charge in [-0.15, -0.1) is 0 Å². The molecule has 1 aromatic heterocycles. The summed E-state index contributed by atoms with van der Waals surface area (Å²) in [4.78, 5) is 19.3. The number of hydrogen-bond acceptors (Lipinski definition) is 4. The number of nitrogens with zero attached hydrogens (tertiary/aromatic N) is 3. The van der Waals surface area contributed by atoms with Crippen molar-refractivity contribution in [2.75, 3.05) is 0 Å². The van der Waals surface area contributed by atoms with Gasteiger partial charge in [0.2, 0.25) is 0 Å². The van der Waals surface area contributed by atoms with Crippen molar-refractivity contribution >= 4 is 11.6 Å². The van der Waals surface area contributed by atoms with Crippen molar-refractivity contribution in [1.82, 2.24) is 9.78 Å². The number of hydrogen-bond donors (Lipinski definition) is 0. The number of benzene rings is 1. The van der Waals surface area contributed by atoms with Gasteiger partial charge in [0.25, 0.3) is 0 Å². The quantitative estimate of drug-likeness (QED) is 0.644. The van der Waals surface area contributed by atoms with Crippen molar-refractivity contribution in [3.8, 4) is 0 Å². The molecule has 7 heteroatoms. The van der Waals surface area contributed by atoms with Crippen LogP contribution in [0.3, 0.4) is 0 Å². The standard InChI is InChI=1S/C11H10FN3O2.C3H6O/c1-8-6-9(2-3-10(8)12)7-14-5-4-11(13-14)15(16)17;1-3(2)4/h2-6H,7H2,1H3;1-2H3. The highest BCUT2D eigenvalue weighted by molar-refractivity contribution is 5.72. The third kappa shape index (κ3) is 5.52. The maximum absolute atomic E-state index is 13.0. The first kappa shape index (κ1) is 16.5. The van der Waals surface area contributed by atoms with Gasteiger partial charge in [-0.1, -0.05) is 12.1 Å². The summed E-state index contributed by atoms with van der Waals surface area (Å²) >= 11 is 0. The summed E-state index contributed by atoms with van der Waals surface area (Å²) in [6.07, 6.45) is 1.52. The smallest absolute Gasteiger partial charge is 0.358 e. The molecule has 0 fully saturated rings. The zero-order chi connectivity index (χ0) is 16.0. The molecule has 0 bridgehead atoms. The number of halogens is 1. The van der Waals surface area contributed by atoms with Gasteiger partial charge in [-0.2, -0.15) is 4.68 Å². The van der Waals surface area contributed by atoms with Gasteiger partial charge in [0.1, 0.15) is 11.6 Å². The highest BCUT2D eigenvalue weighted by Crippen LogP contribution is 2.12. The molecule has 1 heterocycles. The molecule has 0 atom stereocenters. The summed E-state index contributed by atoms with van der Waals surface area (Å²) in [5, 5.41) is 14.2. The van der Waals surface area contributed by atoms with Crippen LogP contribution in [0.25, 0.3) is 0 Å². The lowest BCUT2D eigenvalue weighted by atomic mass is 10.1. The van der Waals surface area contributed by atoms with Crippen LogP contribution in [-0.4, -0.2) is 20.5 Å². The third-order valence-electron chi connectivity index (χ3n) is 2.38. The second kappa shape index (κ2) is 7.28.